The standard InChI is InChI=1S/C47H50N2O6/c1-31(50)29-48-27-26-47-38-23-24-39(46(47)55-45-42(54-32(2)51)25-22-36(44(45)47)28-40(38)48)49(43(53)21-13-12-20-41(52)35-18-10-5-11-19-35)30-37(33-14-6-3-7-15-33)34-16-8-4-9-17-34/h3-11,14-19,22,25,37-40,46H,12-13,20-21,23-24,26-30H2,1-2H3/t38-,39-,40+,46-,47-/m0/s1. The molecule has 4 aromatic rings. The van der Waals surface area contributed by atoms with Gasteiger partial charge in [-0.05, 0) is 80.7 Å². The van der Waals surface area contributed by atoms with Crippen molar-refractivity contribution in [3.05, 3.63) is 131 Å². The van der Waals surface area contributed by atoms with Crippen molar-refractivity contribution in [2.24, 2.45) is 5.92 Å². The van der Waals surface area contributed by atoms with Gasteiger partial charge in [0.25, 0.3) is 0 Å². The maximum Gasteiger partial charge on any atom is 0.308 e. The summed E-state index contributed by atoms with van der Waals surface area (Å²) in [5, 5.41) is 0. The molecule has 2 heterocycles. The lowest BCUT2D eigenvalue weighted by atomic mass is 9.51. The molecule has 0 radical (unpaired) electrons. The van der Waals surface area contributed by atoms with Gasteiger partial charge in [0.15, 0.2) is 17.3 Å². The van der Waals surface area contributed by atoms with Crippen LogP contribution in [0.15, 0.2) is 103 Å². The van der Waals surface area contributed by atoms with Gasteiger partial charge in [-0.1, -0.05) is 97.1 Å². The van der Waals surface area contributed by atoms with E-state index >= 15 is 0 Å². The number of Topliss-reactive ketones (excluding diaryl/α,β-unsaturated/α-hetero) is 2. The topological polar surface area (TPSA) is 93.2 Å². The molecule has 0 unspecified atom stereocenters. The molecule has 0 N–H and O–H groups in total. The van der Waals surface area contributed by atoms with E-state index in [4.69, 9.17) is 9.47 Å². The van der Waals surface area contributed by atoms with Crippen LogP contribution in [0.2, 0.25) is 0 Å². The highest BCUT2D eigenvalue weighted by Gasteiger charge is 2.66. The van der Waals surface area contributed by atoms with Crippen molar-refractivity contribution in [2.75, 3.05) is 19.6 Å². The number of benzene rings is 4. The maximum atomic E-state index is 14.9. The molecule has 2 bridgehead atoms. The molecule has 8 nitrogen and oxygen atoms in total. The number of hydrogen-bond acceptors (Lipinski definition) is 7. The quantitative estimate of drug-likeness (QED) is 0.0567. The van der Waals surface area contributed by atoms with E-state index in [1.54, 1.807) is 6.92 Å². The van der Waals surface area contributed by atoms with Gasteiger partial charge in [-0.2, -0.15) is 0 Å². The Kier molecular flexibility index (Phi) is 10.4. The number of amides is 1. The number of rotatable bonds is 14. The van der Waals surface area contributed by atoms with Gasteiger partial charge in [0.2, 0.25) is 5.91 Å². The van der Waals surface area contributed by atoms with Gasteiger partial charge in [-0.15, -0.1) is 0 Å². The predicted octanol–water partition coefficient (Wildman–Crippen LogP) is 7.71. The number of likely N-dealkylation sites (tertiary alicyclic amines) is 1. The highest BCUT2D eigenvalue weighted by molar-refractivity contribution is 5.96. The van der Waals surface area contributed by atoms with Crippen LogP contribution in [0.25, 0.3) is 0 Å². The third-order valence-electron chi connectivity index (χ3n) is 12.7. The molecule has 8 rings (SSSR count). The SMILES string of the molecule is CC(=O)CN1CC[C@]23c4c5ccc(OC(C)=O)c4O[C@H]2[C@@H](N(CC(c2ccccc2)c2ccccc2)C(=O)CCCCC(=O)c2ccccc2)CC[C@H]3[C@H]1C5. The molecule has 284 valence electrons. The number of unbranched alkanes of at least 4 members (excludes halogenated alkanes) is 1. The summed E-state index contributed by atoms with van der Waals surface area (Å²) >= 11 is 0. The summed E-state index contributed by atoms with van der Waals surface area (Å²) in [4.78, 5) is 57.2. The Morgan fingerprint density at radius 3 is 2.15 bits per heavy atom. The average Bonchev–Trinajstić information content (AvgIpc) is 3.55. The third-order valence-corrected chi connectivity index (χ3v) is 12.7. The van der Waals surface area contributed by atoms with Gasteiger partial charge in [-0.3, -0.25) is 24.1 Å². The molecular weight excluding hydrogens is 689 g/mol. The van der Waals surface area contributed by atoms with Crippen molar-refractivity contribution in [1.82, 2.24) is 9.80 Å². The fourth-order valence-corrected chi connectivity index (χ4v) is 10.5. The van der Waals surface area contributed by atoms with Crippen LogP contribution in [-0.2, 0) is 26.2 Å². The van der Waals surface area contributed by atoms with Crippen molar-refractivity contribution >= 4 is 23.4 Å². The van der Waals surface area contributed by atoms with Crippen LogP contribution in [-0.4, -0.2) is 71.1 Å². The first-order valence-electron chi connectivity index (χ1n) is 20.0. The number of piperidine rings is 1. The molecule has 55 heavy (non-hydrogen) atoms. The van der Waals surface area contributed by atoms with Crippen LogP contribution < -0.4 is 9.47 Å². The number of esters is 1. The van der Waals surface area contributed by atoms with Crippen LogP contribution in [0, 0.1) is 5.92 Å². The highest BCUT2D eigenvalue weighted by atomic mass is 16.6. The van der Waals surface area contributed by atoms with Crippen molar-refractivity contribution < 1.29 is 28.7 Å². The molecule has 1 saturated carbocycles. The molecule has 1 saturated heterocycles. The Morgan fingerprint density at radius 1 is 0.836 bits per heavy atom. The molecule has 8 heteroatoms. The van der Waals surface area contributed by atoms with E-state index in [9.17, 15) is 19.2 Å². The van der Waals surface area contributed by atoms with E-state index in [0.29, 0.717) is 55.8 Å². The Balaban J connectivity index is 1.16. The van der Waals surface area contributed by atoms with Gasteiger partial charge >= 0.3 is 5.97 Å². The Morgan fingerprint density at radius 2 is 1.49 bits per heavy atom. The number of carbonyl (C=O) groups is 4. The molecule has 4 aromatic carbocycles. The summed E-state index contributed by atoms with van der Waals surface area (Å²) in [6.07, 6.45) is 4.82. The number of carbonyl (C=O) groups excluding carboxylic acids is 4. The zero-order chi connectivity index (χ0) is 38.1. The highest BCUT2D eigenvalue weighted by Crippen LogP contribution is 2.64. The Labute approximate surface area is 323 Å². The molecule has 2 fully saturated rings. The maximum absolute atomic E-state index is 14.9. The molecule has 5 atom stereocenters. The Bertz CT molecular complexity index is 2010. The van der Waals surface area contributed by atoms with E-state index in [1.165, 1.54) is 12.5 Å². The number of nitrogens with zero attached hydrogens (tertiary/aromatic N) is 2. The lowest BCUT2D eigenvalue weighted by Crippen LogP contribution is -2.69. The van der Waals surface area contributed by atoms with Crippen LogP contribution in [0.5, 0.6) is 11.5 Å². The van der Waals surface area contributed by atoms with Crippen LogP contribution in [0.3, 0.4) is 0 Å². The summed E-state index contributed by atoms with van der Waals surface area (Å²) in [5.41, 5.74) is 4.89. The van der Waals surface area contributed by atoms with Crippen molar-refractivity contribution in [2.45, 2.75) is 94.7 Å². The van der Waals surface area contributed by atoms with Gasteiger partial charge in [0.1, 0.15) is 11.9 Å². The van der Waals surface area contributed by atoms with Gasteiger partial charge in [0.05, 0.1) is 12.6 Å². The Hall–Kier alpha value is -5.08. The number of hydrogen-bond donors (Lipinski definition) is 0. The van der Waals surface area contributed by atoms with Crippen LogP contribution >= 0.6 is 0 Å². The molecule has 2 aliphatic carbocycles. The predicted molar refractivity (Wildman–Crippen MR) is 210 cm³/mol. The van der Waals surface area contributed by atoms with Crippen molar-refractivity contribution in [1.29, 1.82) is 0 Å². The van der Waals surface area contributed by atoms with E-state index in [1.807, 2.05) is 48.5 Å². The minimum atomic E-state index is -0.402. The summed E-state index contributed by atoms with van der Waals surface area (Å²) in [7, 11) is 0. The second-order valence-corrected chi connectivity index (χ2v) is 16.0. The van der Waals surface area contributed by atoms with E-state index in [0.717, 1.165) is 48.9 Å². The molecule has 4 aliphatic rings. The smallest absolute Gasteiger partial charge is 0.308 e. The molecule has 1 amide bonds. The zero-order valence-electron chi connectivity index (χ0n) is 31.8. The fourth-order valence-electron chi connectivity index (χ4n) is 10.5. The monoisotopic (exact) mass is 738 g/mol. The molecular formula is C47H50N2O6. The van der Waals surface area contributed by atoms with E-state index in [-0.39, 0.29) is 47.5 Å². The first kappa shape index (κ1) is 36.9. The minimum absolute atomic E-state index is 0.0604. The van der Waals surface area contributed by atoms with Crippen molar-refractivity contribution in [3.63, 3.8) is 0 Å². The first-order chi connectivity index (χ1) is 26.7. The summed E-state index contributed by atoms with van der Waals surface area (Å²) < 4.78 is 13.0. The second-order valence-electron chi connectivity index (χ2n) is 16.0. The van der Waals surface area contributed by atoms with Gasteiger partial charge in [-0.25, -0.2) is 0 Å². The molecule has 2 aliphatic heterocycles. The fraction of sp³-hybridized carbons (Fsp3) is 0.404. The number of ether oxygens (including phenoxy) is 2. The van der Waals surface area contributed by atoms with Crippen LogP contribution in [0.4, 0.5) is 0 Å². The lowest BCUT2D eigenvalue weighted by molar-refractivity contribution is -0.144. The van der Waals surface area contributed by atoms with Gasteiger partial charge in [0, 0.05) is 54.8 Å². The average molecular weight is 739 g/mol. The second kappa shape index (κ2) is 15.6. The van der Waals surface area contributed by atoms with Crippen LogP contribution in [0.1, 0.15) is 97.3 Å². The first-order valence-corrected chi connectivity index (χ1v) is 20.0. The van der Waals surface area contributed by atoms with E-state index in [2.05, 4.69) is 64.4 Å². The lowest BCUT2D eigenvalue weighted by Gasteiger charge is -2.60. The number of ketones is 2. The summed E-state index contributed by atoms with van der Waals surface area (Å²) in [6.45, 7) is 4.73. The van der Waals surface area contributed by atoms with Gasteiger partial charge < -0.3 is 14.4 Å². The summed E-state index contributed by atoms with van der Waals surface area (Å²) in [6, 6.07) is 34.0. The third kappa shape index (κ3) is 7.01. The van der Waals surface area contributed by atoms with Crippen molar-refractivity contribution in [3.8, 4) is 11.5 Å². The van der Waals surface area contributed by atoms with E-state index < -0.39 is 11.4 Å². The molecule has 1 spiro atoms. The normalized spacial score (nSPS) is 23.4. The minimum Gasteiger partial charge on any atom is -0.483 e. The zero-order valence-corrected chi connectivity index (χ0v) is 31.8. The molecule has 0 aromatic heterocycles. The summed E-state index contributed by atoms with van der Waals surface area (Å²) in [5.74, 6) is 1.14. The largest absolute Gasteiger partial charge is 0.483 e.